The largest absolute Gasteiger partial charge is 0.453 e. The summed E-state index contributed by atoms with van der Waals surface area (Å²) >= 11 is 3.35. The van der Waals surface area contributed by atoms with Crippen molar-refractivity contribution in [3.8, 4) is 0 Å². The summed E-state index contributed by atoms with van der Waals surface area (Å²) in [4.78, 5) is 13.4. The van der Waals surface area contributed by atoms with Crippen LogP contribution in [0.2, 0.25) is 0 Å². The van der Waals surface area contributed by atoms with Gasteiger partial charge in [0.15, 0.2) is 0 Å². The number of carbonyl (C=O) groups excluding carboxylic acids is 1. The van der Waals surface area contributed by atoms with Crippen molar-refractivity contribution in [3.05, 3.63) is 34.3 Å². The summed E-state index contributed by atoms with van der Waals surface area (Å²) in [6, 6.07) is 7.27. The second-order valence-corrected chi connectivity index (χ2v) is 5.80. The normalized spacial score (nSPS) is 17.7. The number of rotatable bonds is 4. The number of esters is 1. The van der Waals surface area contributed by atoms with Gasteiger partial charge < -0.3 is 9.64 Å². The molecular weight excluding hydrogens is 294 g/mol. The smallest absolute Gasteiger partial charge is 0.338 e. The van der Waals surface area contributed by atoms with Gasteiger partial charge in [0.05, 0.1) is 18.7 Å². The zero-order valence-corrected chi connectivity index (χ0v) is 12.2. The topological polar surface area (TPSA) is 30.7 Å². The van der Waals surface area contributed by atoms with Crippen LogP contribution in [-0.2, 0) is 4.74 Å². The number of hydrogen-bond acceptors (Lipinski definition) is 2. The first-order valence-electron chi connectivity index (χ1n) is 6.45. The number of ether oxygens (including phenoxy) is 1. The Morgan fingerprint density at radius 2 is 1.94 bits per heavy atom. The van der Waals surface area contributed by atoms with Crippen molar-refractivity contribution in [3.63, 3.8) is 0 Å². The van der Waals surface area contributed by atoms with Crippen LogP contribution in [-0.4, -0.2) is 31.7 Å². The van der Waals surface area contributed by atoms with Gasteiger partial charge in [-0.2, -0.15) is 0 Å². The molecular formula is C14H19BrNO2+. The summed E-state index contributed by atoms with van der Waals surface area (Å²) in [6.07, 6.45) is 2.57. The molecule has 1 saturated heterocycles. The average Bonchev–Trinajstić information content (AvgIpc) is 2.82. The monoisotopic (exact) mass is 312 g/mol. The van der Waals surface area contributed by atoms with Gasteiger partial charge in [-0.1, -0.05) is 15.9 Å². The first-order chi connectivity index (χ1) is 8.65. The maximum Gasteiger partial charge on any atom is 0.338 e. The summed E-state index contributed by atoms with van der Waals surface area (Å²) in [5, 5.41) is 0. The van der Waals surface area contributed by atoms with E-state index in [0.29, 0.717) is 5.56 Å². The molecule has 1 aliphatic rings. The van der Waals surface area contributed by atoms with Crippen molar-refractivity contribution < 1.29 is 14.4 Å². The second kappa shape index (κ2) is 6.34. The minimum atomic E-state index is -0.228. The molecule has 1 unspecified atom stereocenters. The standard InChI is InChI=1S/C14H18BrNO2/c1-11(10-16-8-2-3-9-16)18-14(17)12-4-6-13(15)7-5-12/h4-7,11H,2-3,8-10H2,1H3/p+1. The zero-order valence-electron chi connectivity index (χ0n) is 10.6. The van der Waals surface area contributed by atoms with Crippen LogP contribution in [0.25, 0.3) is 0 Å². The Labute approximate surface area is 116 Å². The highest BCUT2D eigenvalue weighted by atomic mass is 79.9. The van der Waals surface area contributed by atoms with Crippen molar-refractivity contribution in [2.45, 2.75) is 25.9 Å². The first kappa shape index (κ1) is 13.6. The van der Waals surface area contributed by atoms with Crippen molar-refractivity contribution in [2.24, 2.45) is 0 Å². The maximum absolute atomic E-state index is 11.9. The number of carbonyl (C=O) groups is 1. The molecule has 18 heavy (non-hydrogen) atoms. The molecule has 1 aromatic rings. The molecule has 1 aromatic carbocycles. The zero-order chi connectivity index (χ0) is 13.0. The Balaban J connectivity index is 1.84. The SMILES string of the molecule is CC(C[NH+]1CCCC1)OC(=O)c1ccc(Br)cc1. The summed E-state index contributed by atoms with van der Waals surface area (Å²) in [5.74, 6) is -0.228. The maximum atomic E-state index is 11.9. The van der Waals surface area contributed by atoms with Gasteiger partial charge in [-0.15, -0.1) is 0 Å². The lowest BCUT2D eigenvalue weighted by Gasteiger charge is -2.18. The third-order valence-electron chi connectivity index (χ3n) is 3.27. The average molecular weight is 313 g/mol. The fraction of sp³-hybridized carbons (Fsp3) is 0.500. The van der Waals surface area contributed by atoms with Crippen LogP contribution >= 0.6 is 15.9 Å². The Morgan fingerprint density at radius 1 is 1.33 bits per heavy atom. The minimum Gasteiger partial charge on any atom is -0.453 e. The highest BCUT2D eigenvalue weighted by Crippen LogP contribution is 2.11. The van der Waals surface area contributed by atoms with Crippen molar-refractivity contribution in [2.75, 3.05) is 19.6 Å². The number of halogens is 1. The predicted octanol–water partition coefficient (Wildman–Crippen LogP) is 1.67. The molecule has 0 spiro atoms. The van der Waals surface area contributed by atoms with Crippen LogP contribution in [0.4, 0.5) is 0 Å². The molecule has 1 heterocycles. The number of hydrogen-bond donors (Lipinski definition) is 1. The van der Waals surface area contributed by atoms with Gasteiger partial charge in [-0.25, -0.2) is 4.79 Å². The lowest BCUT2D eigenvalue weighted by molar-refractivity contribution is -0.890. The van der Waals surface area contributed by atoms with Crippen LogP contribution in [0.5, 0.6) is 0 Å². The van der Waals surface area contributed by atoms with Gasteiger partial charge in [0.2, 0.25) is 0 Å². The molecule has 0 radical (unpaired) electrons. The summed E-state index contributed by atoms with van der Waals surface area (Å²) < 4.78 is 6.43. The molecule has 0 saturated carbocycles. The summed E-state index contributed by atoms with van der Waals surface area (Å²) in [7, 11) is 0. The number of benzene rings is 1. The Morgan fingerprint density at radius 3 is 2.56 bits per heavy atom. The third kappa shape index (κ3) is 3.82. The molecule has 0 aliphatic carbocycles. The lowest BCUT2D eigenvalue weighted by atomic mass is 10.2. The van der Waals surface area contributed by atoms with Gasteiger partial charge in [-0.05, 0) is 31.2 Å². The van der Waals surface area contributed by atoms with Crippen LogP contribution in [0.3, 0.4) is 0 Å². The Bertz CT molecular complexity index is 399. The van der Waals surface area contributed by atoms with Crippen LogP contribution in [0, 0.1) is 0 Å². The fourth-order valence-corrected chi connectivity index (χ4v) is 2.63. The number of quaternary nitrogens is 1. The van der Waals surface area contributed by atoms with Gasteiger partial charge in [0.1, 0.15) is 12.6 Å². The minimum absolute atomic E-state index is 0.0192. The van der Waals surface area contributed by atoms with Crippen LogP contribution in [0.15, 0.2) is 28.7 Å². The molecule has 2 rings (SSSR count). The van der Waals surface area contributed by atoms with Crippen LogP contribution in [0.1, 0.15) is 30.1 Å². The molecule has 0 aromatic heterocycles. The quantitative estimate of drug-likeness (QED) is 0.857. The van der Waals surface area contributed by atoms with E-state index in [0.717, 1.165) is 11.0 Å². The Kier molecular flexibility index (Phi) is 4.78. The van der Waals surface area contributed by atoms with E-state index >= 15 is 0 Å². The molecule has 98 valence electrons. The predicted molar refractivity (Wildman–Crippen MR) is 73.8 cm³/mol. The van der Waals surface area contributed by atoms with Gasteiger partial charge in [0.25, 0.3) is 0 Å². The summed E-state index contributed by atoms with van der Waals surface area (Å²) in [5.41, 5.74) is 0.612. The molecule has 1 N–H and O–H groups in total. The van der Waals surface area contributed by atoms with E-state index in [2.05, 4.69) is 15.9 Å². The molecule has 3 nitrogen and oxygen atoms in total. The second-order valence-electron chi connectivity index (χ2n) is 4.88. The van der Waals surface area contributed by atoms with E-state index in [1.165, 1.54) is 25.9 Å². The fourth-order valence-electron chi connectivity index (χ4n) is 2.36. The molecule has 0 bridgehead atoms. The van der Waals surface area contributed by atoms with Gasteiger partial charge >= 0.3 is 5.97 Å². The molecule has 1 fully saturated rings. The van der Waals surface area contributed by atoms with E-state index in [1.807, 2.05) is 19.1 Å². The van der Waals surface area contributed by atoms with E-state index in [1.54, 1.807) is 17.0 Å². The van der Waals surface area contributed by atoms with E-state index in [4.69, 9.17) is 4.74 Å². The summed E-state index contributed by atoms with van der Waals surface area (Å²) in [6.45, 7) is 5.31. The molecule has 1 atom stereocenters. The van der Waals surface area contributed by atoms with Gasteiger partial charge in [-0.3, -0.25) is 0 Å². The molecule has 0 amide bonds. The van der Waals surface area contributed by atoms with E-state index < -0.39 is 0 Å². The Hall–Kier alpha value is -0.870. The lowest BCUT2D eigenvalue weighted by Crippen LogP contribution is -3.11. The van der Waals surface area contributed by atoms with E-state index in [9.17, 15) is 4.79 Å². The first-order valence-corrected chi connectivity index (χ1v) is 7.24. The van der Waals surface area contributed by atoms with E-state index in [-0.39, 0.29) is 12.1 Å². The van der Waals surface area contributed by atoms with Crippen LogP contribution < -0.4 is 4.90 Å². The van der Waals surface area contributed by atoms with Gasteiger partial charge in [0, 0.05) is 17.3 Å². The van der Waals surface area contributed by atoms with Crippen molar-refractivity contribution >= 4 is 21.9 Å². The molecule has 4 heteroatoms. The van der Waals surface area contributed by atoms with Crippen molar-refractivity contribution in [1.82, 2.24) is 0 Å². The molecule has 1 aliphatic heterocycles. The third-order valence-corrected chi connectivity index (χ3v) is 3.80. The van der Waals surface area contributed by atoms with Crippen molar-refractivity contribution in [1.29, 1.82) is 0 Å². The highest BCUT2D eigenvalue weighted by molar-refractivity contribution is 9.10. The number of likely N-dealkylation sites (tertiary alicyclic amines) is 1. The number of nitrogens with one attached hydrogen (secondary N) is 1. The highest BCUT2D eigenvalue weighted by Gasteiger charge is 2.20.